The van der Waals surface area contributed by atoms with Gasteiger partial charge in [-0.25, -0.2) is 0 Å². The standard InChI is InChI=1S/C27H32N4O/c1-19-8-9-21(31-16-11-20(12-17-31)30(2)3)18-23(19)26(32)29-27(13-14-27)24-10-15-28-25-7-5-4-6-22(24)25/h4-10,15,18,20H,11-14,16-17H2,1-3H3,(H,29,32). The van der Waals surface area contributed by atoms with Gasteiger partial charge in [0.05, 0.1) is 11.1 Å². The van der Waals surface area contributed by atoms with E-state index in [9.17, 15) is 4.79 Å². The van der Waals surface area contributed by atoms with Crippen molar-refractivity contribution >= 4 is 22.5 Å². The van der Waals surface area contributed by atoms with Crippen LogP contribution in [0.5, 0.6) is 0 Å². The molecule has 166 valence electrons. The zero-order chi connectivity index (χ0) is 22.3. The molecule has 5 rings (SSSR count). The van der Waals surface area contributed by atoms with Gasteiger partial charge in [-0.2, -0.15) is 0 Å². The number of carbonyl (C=O) groups is 1. The second kappa shape index (κ2) is 8.21. The highest BCUT2D eigenvalue weighted by atomic mass is 16.1. The molecule has 2 heterocycles. The van der Waals surface area contributed by atoms with Gasteiger partial charge in [-0.05, 0) is 82.1 Å². The van der Waals surface area contributed by atoms with E-state index in [0.29, 0.717) is 6.04 Å². The number of amides is 1. The maximum Gasteiger partial charge on any atom is 0.252 e. The third-order valence-electron chi connectivity index (χ3n) is 7.29. The Balaban J connectivity index is 1.37. The summed E-state index contributed by atoms with van der Waals surface area (Å²) in [6.07, 6.45) is 6.08. The molecule has 1 amide bonds. The van der Waals surface area contributed by atoms with Crippen LogP contribution in [0.25, 0.3) is 10.9 Å². The van der Waals surface area contributed by atoms with Crippen molar-refractivity contribution in [3.05, 3.63) is 71.4 Å². The SMILES string of the molecule is Cc1ccc(N2CCC(N(C)C)CC2)cc1C(=O)NC1(c2ccnc3ccccc23)CC1. The smallest absolute Gasteiger partial charge is 0.252 e. The van der Waals surface area contributed by atoms with E-state index in [1.165, 1.54) is 5.56 Å². The lowest BCUT2D eigenvalue weighted by Crippen LogP contribution is -2.42. The van der Waals surface area contributed by atoms with E-state index in [0.717, 1.165) is 66.5 Å². The summed E-state index contributed by atoms with van der Waals surface area (Å²) in [7, 11) is 4.32. The van der Waals surface area contributed by atoms with E-state index in [4.69, 9.17) is 0 Å². The van der Waals surface area contributed by atoms with E-state index in [1.54, 1.807) is 0 Å². The molecule has 1 saturated carbocycles. The minimum absolute atomic E-state index is 0.0194. The lowest BCUT2D eigenvalue weighted by molar-refractivity contribution is 0.0930. The number of para-hydroxylation sites is 1. The normalized spacial score (nSPS) is 18.2. The molecular weight excluding hydrogens is 396 g/mol. The van der Waals surface area contributed by atoms with Crippen LogP contribution in [0.3, 0.4) is 0 Å². The minimum Gasteiger partial charge on any atom is -0.371 e. The largest absolute Gasteiger partial charge is 0.371 e. The van der Waals surface area contributed by atoms with E-state index >= 15 is 0 Å². The molecule has 2 fully saturated rings. The second-order valence-electron chi connectivity index (χ2n) is 9.59. The van der Waals surface area contributed by atoms with Crippen LogP contribution in [0.15, 0.2) is 54.7 Å². The average Bonchev–Trinajstić information content (AvgIpc) is 3.59. The molecular formula is C27H32N4O. The van der Waals surface area contributed by atoms with Crippen LogP contribution in [0.1, 0.15) is 47.2 Å². The second-order valence-corrected chi connectivity index (χ2v) is 9.59. The number of rotatable bonds is 5. The summed E-state index contributed by atoms with van der Waals surface area (Å²) in [6.45, 7) is 4.08. The summed E-state index contributed by atoms with van der Waals surface area (Å²) in [4.78, 5) is 22.7. The van der Waals surface area contributed by atoms with Crippen molar-refractivity contribution in [3.63, 3.8) is 0 Å². The lowest BCUT2D eigenvalue weighted by atomic mass is 9.98. The predicted molar refractivity (Wildman–Crippen MR) is 130 cm³/mol. The molecule has 2 aromatic carbocycles. The summed E-state index contributed by atoms with van der Waals surface area (Å²) in [5, 5.41) is 4.52. The molecule has 0 spiro atoms. The third kappa shape index (κ3) is 3.86. The van der Waals surface area contributed by atoms with Crippen molar-refractivity contribution in [2.75, 3.05) is 32.1 Å². The van der Waals surface area contributed by atoms with Crippen LogP contribution in [-0.4, -0.2) is 49.0 Å². The van der Waals surface area contributed by atoms with Crippen molar-refractivity contribution < 1.29 is 4.79 Å². The van der Waals surface area contributed by atoms with Crippen molar-refractivity contribution in [2.45, 2.75) is 44.2 Å². The van der Waals surface area contributed by atoms with Crippen LogP contribution in [0, 0.1) is 6.92 Å². The number of benzene rings is 2. The summed E-state index contributed by atoms with van der Waals surface area (Å²) < 4.78 is 0. The quantitative estimate of drug-likeness (QED) is 0.650. The number of fused-ring (bicyclic) bond motifs is 1. The zero-order valence-corrected chi connectivity index (χ0v) is 19.3. The Hall–Kier alpha value is -2.92. The van der Waals surface area contributed by atoms with Gasteiger partial charge >= 0.3 is 0 Å². The molecule has 1 saturated heterocycles. The molecule has 5 heteroatoms. The monoisotopic (exact) mass is 428 g/mol. The highest BCUT2D eigenvalue weighted by Gasteiger charge is 2.47. The van der Waals surface area contributed by atoms with Gasteiger partial charge in [0, 0.05) is 42.0 Å². The Labute approximate surface area is 190 Å². The summed E-state index contributed by atoms with van der Waals surface area (Å²) in [5.74, 6) is 0.0194. The lowest BCUT2D eigenvalue weighted by Gasteiger charge is -2.36. The number of hydrogen-bond acceptors (Lipinski definition) is 4. The molecule has 2 aliphatic rings. The van der Waals surface area contributed by atoms with Crippen molar-refractivity contribution in [3.8, 4) is 0 Å². The fourth-order valence-electron chi connectivity index (χ4n) is 5.08. The first-order valence-corrected chi connectivity index (χ1v) is 11.7. The number of aryl methyl sites for hydroxylation is 1. The van der Waals surface area contributed by atoms with Crippen LogP contribution in [-0.2, 0) is 5.54 Å². The Kier molecular flexibility index (Phi) is 5.38. The molecule has 1 aliphatic carbocycles. The molecule has 1 aromatic heterocycles. The molecule has 3 aromatic rings. The molecule has 0 radical (unpaired) electrons. The topological polar surface area (TPSA) is 48.5 Å². The van der Waals surface area contributed by atoms with Crippen LogP contribution in [0.2, 0.25) is 0 Å². The van der Waals surface area contributed by atoms with Gasteiger partial charge in [0.2, 0.25) is 0 Å². The number of nitrogens with zero attached hydrogens (tertiary/aromatic N) is 3. The van der Waals surface area contributed by atoms with Gasteiger partial charge < -0.3 is 15.1 Å². The molecule has 1 N–H and O–H groups in total. The zero-order valence-electron chi connectivity index (χ0n) is 19.3. The van der Waals surface area contributed by atoms with Crippen molar-refractivity contribution in [1.29, 1.82) is 0 Å². The maximum atomic E-state index is 13.5. The Morgan fingerprint density at radius 2 is 1.84 bits per heavy atom. The fraction of sp³-hybridized carbons (Fsp3) is 0.407. The van der Waals surface area contributed by atoms with Gasteiger partial charge in [-0.3, -0.25) is 9.78 Å². The maximum absolute atomic E-state index is 13.5. The van der Waals surface area contributed by atoms with Gasteiger partial charge in [0.25, 0.3) is 5.91 Å². The first kappa shape index (κ1) is 21.0. The number of aromatic nitrogens is 1. The van der Waals surface area contributed by atoms with E-state index in [2.05, 4.69) is 64.5 Å². The van der Waals surface area contributed by atoms with Gasteiger partial charge in [-0.1, -0.05) is 24.3 Å². The number of hydrogen-bond donors (Lipinski definition) is 1. The number of nitrogens with one attached hydrogen (secondary N) is 1. The predicted octanol–water partition coefficient (Wildman–Crippen LogP) is 4.49. The molecule has 5 nitrogen and oxygen atoms in total. The molecule has 0 atom stereocenters. The van der Waals surface area contributed by atoms with Crippen LogP contribution < -0.4 is 10.2 Å². The van der Waals surface area contributed by atoms with Gasteiger partial charge in [-0.15, -0.1) is 0 Å². The van der Waals surface area contributed by atoms with Crippen molar-refractivity contribution in [1.82, 2.24) is 15.2 Å². The summed E-state index contributed by atoms with van der Waals surface area (Å²) in [5.41, 5.74) is 4.82. The highest BCUT2D eigenvalue weighted by molar-refractivity contribution is 5.98. The highest BCUT2D eigenvalue weighted by Crippen LogP contribution is 2.48. The van der Waals surface area contributed by atoms with E-state index in [-0.39, 0.29) is 11.4 Å². The molecule has 0 bridgehead atoms. The molecule has 0 unspecified atom stereocenters. The first-order chi connectivity index (χ1) is 15.5. The Morgan fingerprint density at radius 1 is 1.09 bits per heavy atom. The number of piperidine rings is 1. The van der Waals surface area contributed by atoms with Crippen molar-refractivity contribution in [2.24, 2.45) is 0 Å². The first-order valence-electron chi connectivity index (χ1n) is 11.7. The summed E-state index contributed by atoms with van der Waals surface area (Å²) >= 11 is 0. The number of anilines is 1. The van der Waals surface area contributed by atoms with E-state index in [1.807, 2.05) is 31.3 Å². The minimum atomic E-state index is -0.286. The van der Waals surface area contributed by atoms with Gasteiger partial charge in [0.15, 0.2) is 0 Å². The fourth-order valence-corrected chi connectivity index (χ4v) is 5.08. The number of carbonyl (C=O) groups excluding carboxylic acids is 1. The van der Waals surface area contributed by atoms with Crippen LogP contribution in [0.4, 0.5) is 5.69 Å². The third-order valence-corrected chi connectivity index (χ3v) is 7.29. The van der Waals surface area contributed by atoms with E-state index < -0.39 is 0 Å². The molecule has 1 aliphatic heterocycles. The Bertz CT molecular complexity index is 1140. The average molecular weight is 429 g/mol. The van der Waals surface area contributed by atoms with Gasteiger partial charge in [0.1, 0.15) is 0 Å². The summed E-state index contributed by atoms with van der Waals surface area (Å²) in [6, 6.07) is 17.2. The Morgan fingerprint density at radius 3 is 2.56 bits per heavy atom. The van der Waals surface area contributed by atoms with Crippen LogP contribution >= 0.6 is 0 Å². The molecule has 32 heavy (non-hydrogen) atoms. The number of pyridine rings is 1.